The molecular formula is C14H29N. The van der Waals surface area contributed by atoms with E-state index in [2.05, 4.69) is 46.6 Å². The Balaban J connectivity index is 2.50. The SMILES string of the molecule is CCC(C)(CN(C)C(C)C(C)C)C1CC1. The van der Waals surface area contributed by atoms with Gasteiger partial charge in [0.05, 0.1) is 0 Å². The summed E-state index contributed by atoms with van der Waals surface area (Å²) in [7, 11) is 2.29. The highest BCUT2D eigenvalue weighted by Crippen LogP contribution is 2.48. The van der Waals surface area contributed by atoms with Crippen molar-refractivity contribution in [3.63, 3.8) is 0 Å². The van der Waals surface area contributed by atoms with E-state index < -0.39 is 0 Å². The largest absolute Gasteiger partial charge is 0.303 e. The first-order valence-corrected chi connectivity index (χ1v) is 6.61. The number of nitrogens with zero attached hydrogens (tertiary/aromatic N) is 1. The Labute approximate surface area is 96.2 Å². The van der Waals surface area contributed by atoms with Crippen molar-refractivity contribution >= 4 is 0 Å². The molecule has 0 spiro atoms. The Morgan fingerprint density at radius 2 is 1.80 bits per heavy atom. The maximum Gasteiger partial charge on any atom is 0.00871 e. The third-order valence-electron chi connectivity index (χ3n) is 4.64. The topological polar surface area (TPSA) is 3.24 Å². The number of hydrogen-bond acceptors (Lipinski definition) is 1. The Kier molecular flexibility index (Phi) is 4.22. The molecule has 1 heteroatoms. The molecule has 0 amide bonds. The van der Waals surface area contributed by atoms with Crippen molar-refractivity contribution in [2.24, 2.45) is 17.3 Å². The fraction of sp³-hybridized carbons (Fsp3) is 1.00. The highest BCUT2D eigenvalue weighted by molar-refractivity contribution is 4.92. The molecule has 0 N–H and O–H groups in total. The average Bonchev–Trinajstić information content (AvgIpc) is 2.99. The minimum atomic E-state index is 0.567. The molecule has 0 saturated heterocycles. The molecule has 0 aromatic carbocycles. The summed E-state index contributed by atoms with van der Waals surface area (Å²) in [5.41, 5.74) is 0.567. The van der Waals surface area contributed by atoms with Crippen LogP contribution in [0.25, 0.3) is 0 Å². The van der Waals surface area contributed by atoms with Gasteiger partial charge in [-0.15, -0.1) is 0 Å². The molecule has 0 bridgehead atoms. The Morgan fingerprint density at radius 3 is 2.13 bits per heavy atom. The van der Waals surface area contributed by atoms with Gasteiger partial charge in [0.25, 0.3) is 0 Å². The normalized spacial score (nSPS) is 23.2. The Morgan fingerprint density at radius 1 is 1.27 bits per heavy atom. The summed E-state index contributed by atoms with van der Waals surface area (Å²) in [5.74, 6) is 1.76. The molecule has 1 rings (SSSR count). The van der Waals surface area contributed by atoms with Gasteiger partial charge >= 0.3 is 0 Å². The first-order valence-electron chi connectivity index (χ1n) is 6.61. The van der Waals surface area contributed by atoms with Gasteiger partial charge in [0.1, 0.15) is 0 Å². The smallest absolute Gasteiger partial charge is 0.00871 e. The van der Waals surface area contributed by atoms with Gasteiger partial charge in [-0.2, -0.15) is 0 Å². The van der Waals surface area contributed by atoms with Crippen LogP contribution in [-0.2, 0) is 0 Å². The van der Waals surface area contributed by atoms with Gasteiger partial charge in [0.2, 0.25) is 0 Å². The van der Waals surface area contributed by atoms with E-state index >= 15 is 0 Å². The lowest BCUT2D eigenvalue weighted by atomic mass is 9.81. The molecule has 2 atom stereocenters. The lowest BCUT2D eigenvalue weighted by Gasteiger charge is -2.37. The van der Waals surface area contributed by atoms with Crippen molar-refractivity contribution in [3.8, 4) is 0 Å². The minimum Gasteiger partial charge on any atom is -0.303 e. The lowest BCUT2D eigenvalue weighted by molar-refractivity contribution is 0.110. The van der Waals surface area contributed by atoms with Crippen LogP contribution in [0.5, 0.6) is 0 Å². The van der Waals surface area contributed by atoms with Gasteiger partial charge in [-0.05, 0) is 50.5 Å². The van der Waals surface area contributed by atoms with Crippen LogP contribution >= 0.6 is 0 Å². The third-order valence-corrected chi connectivity index (χ3v) is 4.64. The second-order valence-electron chi connectivity index (χ2n) is 6.18. The average molecular weight is 211 g/mol. The molecule has 1 saturated carbocycles. The van der Waals surface area contributed by atoms with Crippen molar-refractivity contribution in [3.05, 3.63) is 0 Å². The van der Waals surface area contributed by atoms with Gasteiger partial charge < -0.3 is 4.90 Å². The lowest BCUT2D eigenvalue weighted by Crippen LogP contribution is -2.41. The fourth-order valence-corrected chi connectivity index (χ4v) is 2.53. The van der Waals surface area contributed by atoms with E-state index in [-0.39, 0.29) is 0 Å². The van der Waals surface area contributed by atoms with Crippen LogP contribution in [0, 0.1) is 17.3 Å². The molecule has 1 fully saturated rings. The maximum atomic E-state index is 2.56. The van der Waals surface area contributed by atoms with Crippen LogP contribution in [0.4, 0.5) is 0 Å². The van der Waals surface area contributed by atoms with Crippen molar-refractivity contribution in [2.45, 2.75) is 59.9 Å². The molecule has 15 heavy (non-hydrogen) atoms. The summed E-state index contributed by atoms with van der Waals surface area (Å²) >= 11 is 0. The van der Waals surface area contributed by atoms with Crippen LogP contribution in [-0.4, -0.2) is 24.5 Å². The standard InChI is InChI=1S/C14H29N/c1-7-14(5,13-8-9-13)10-15(6)12(4)11(2)3/h11-13H,7-10H2,1-6H3. The van der Waals surface area contributed by atoms with E-state index in [0.717, 1.165) is 11.8 Å². The quantitative estimate of drug-likeness (QED) is 0.646. The van der Waals surface area contributed by atoms with Crippen LogP contribution in [0.2, 0.25) is 0 Å². The molecule has 90 valence electrons. The molecule has 1 aliphatic carbocycles. The van der Waals surface area contributed by atoms with E-state index in [1.54, 1.807) is 0 Å². The zero-order chi connectivity index (χ0) is 11.6. The van der Waals surface area contributed by atoms with Crippen LogP contribution in [0.1, 0.15) is 53.9 Å². The van der Waals surface area contributed by atoms with E-state index in [1.807, 2.05) is 0 Å². The van der Waals surface area contributed by atoms with Gasteiger partial charge in [-0.1, -0.05) is 27.7 Å². The van der Waals surface area contributed by atoms with Gasteiger partial charge in [0, 0.05) is 12.6 Å². The molecule has 0 aromatic heterocycles. The monoisotopic (exact) mass is 211 g/mol. The minimum absolute atomic E-state index is 0.567. The predicted octanol–water partition coefficient (Wildman–Crippen LogP) is 3.79. The zero-order valence-electron chi connectivity index (χ0n) is 11.5. The number of rotatable bonds is 6. The molecule has 0 aromatic rings. The highest BCUT2D eigenvalue weighted by Gasteiger charge is 2.41. The van der Waals surface area contributed by atoms with Gasteiger partial charge in [-0.25, -0.2) is 0 Å². The predicted molar refractivity (Wildman–Crippen MR) is 68.1 cm³/mol. The number of hydrogen-bond donors (Lipinski definition) is 0. The van der Waals surface area contributed by atoms with E-state index in [4.69, 9.17) is 0 Å². The molecule has 1 aliphatic rings. The second kappa shape index (κ2) is 4.86. The fourth-order valence-electron chi connectivity index (χ4n) is 2.53. The summed E-state index contributed by atoms with van der Waals surface area (Å²) in [6.07, 6.45) is 4.26. The summed E-state index contributed by atoms with van der Waals surface area (Å²) < 4.78 is 0. The Bertz CT molecular complexity index is 196. The second-order valence-corrected chi connectivity index (χ2v) is 6.18. The summed E-state index contributed by atoms with van der Waals surface area (Å²) in [6.45, 7) is 13.1. The van der Waals surface area contributed by atoms with E-state index in [9.17, 15) is 0 Å². The van der Waals surface area contributed by atoms with Crippen LogP contribution < -0.4 is 0 Å². The summed E-state index contributed by atoms with van der Waals surface area (Å²) in [5, 5.41) is 0. The van der Waals surface area contributed by atoms with Crippen molar-refractivity contribution in [1.82, 2.24) is 4.90 Å². The van der Waals surface area contributed by atoms with Gasteiger partial charge in [0.15, 0.2) is 0 Å². The van der Waals surface area contributed by atoms with Crippen molar-refractivity contribution < 1.29 is 0 Å². The summed E-state index contributed by atoms with van der Waals surface area (Å²) in [4.78, 5) is 2.56. The third kappa shape index (κ3) is 3.21. The van der Waals surface area contributed by atoms with Crippen LogP contribution in [0.15, 0.2) is 0 Å². The van der Waals surface area contributed by atoms with Crippen molar-refractivity contribution in [1.29, 1.82) is 0 Å². The van der Waals surface area contributed by atoms with E-state index in [0.29, 0.717) is 11.5 Å². The molecule has 0 heterocycles. The Hall–Kier alpha value is -0.0400. The molecule has 0 radical (unpaired) electrons. The highest BCUT2D eigenvalue weighted by atomic mass is 15.1. The zero-order valence-corrected chi connectivity index (χ0v) is 11.5. The van der Waals surface area contributed by atoms with Crippen molar-refractivity contribution in [2.75, 3.05) is 13.6 Å². The van der Waals surface area contributed by atoms with E-state index in [1.165, 1.54) is 25.8 Å². The molecular weight excluding hydrogens is 182 g/mol. The van der Waals surface area contributed by atoms with Gasteiger partial charge in [-0.3, -0.25) is 0 Å². The molecule has 1 nitrogen and oxygen atoms in total. The summed E-state index contributed by atoms with van der Waals surface area (Å²) in [6, 6.07) is 0.703. The first-order chi connectivity index (χ1) is 6.90. The maximum absolute atomic E-state index is 2.56. The molecule has 0 aliphatic heterocycles. The van der Waals surface area contributed by atoms with Crippen LogP contribution in [0.3, 0.4) is 0 Å². The first kappa shape index (κ1) is 13.0. The molecule has 2 unspecified atom stereocenters.